The van der Waals surface area contributed by atoms with Crippen LogP contribution in [0.4, 0.5) is 0 Å². The van der Waals surface area contributed by atoms with Crippen LogP contribution in [-0.2, 0) is 4.79 Å². The smallest absolute Gasteiger partial charge is 0.300 e. The number of aryl methyl sites for hydroxylation is 2. The number of rotatable bonds is 0. The van der Waals surface area contributed by atoms with E-state index in [-0.39, 0.29) is 0 Å². The lowest BCUT2D eigenvalue weighted by molar-refractivity contribution is -0.134. The molecule has 4 nitrogen and oxygen atoms in total. The summed E-state index contributed by atoms with van der Waals surface area (Å²) in [5.41, 5.74) is 1.94. The Bertz CT molecular complexity index is 220. The predicted molar refractivity (Wildman–Crippen MR) is 56.2 cm³/mol. The maximum atomic E-state index is 9.00. The Morgan fingerprint density at radius 2 is 1.36 bits per heavy atom. The number of hydrogen-bond acceptors (Lipinski definition) is 3. The third-order valence-corrected chi connectivity index (χ3v) is 0.910. The number of aliphatic carboxylic acids is 1. The van der Waals surface area contributed by atoms with Crippen molar-refractivity contribution < 1.29 is 9.90 Å². The van der Waals surface area contributed by atoms with E-state index in [0.717, 1.165) is 18.3 Å². The summed E-state index contributed by atoms with van der Waals surface area (Å²) >= 11 is 0. The summed E-state index contributed by atoms with van der Waals surface area (Å²) in [7, 11) is 0. The third-order valence-electron chi connectivity index (χ3n) is 0.910. The molecule has 80 valence electrons. The SMILES string of the molecule is CC.CC(=O)O.Cc1cnc(C)cn1. The van der Waals surface area contributed by atoms with Crippen LogP contribution < -0.4 is 0 Å². The van der Waals surface area contributed by atoms with Gasteiger partial charge in [-0.1, -0.05) is 13.8 Å². The van der Waals surface area contributed by atoms with E-state index in [1.165, 1.54) is 0 Å². The van der Waals surface area contributed by atoms with E-state index < -0.39 is 5.97 Å². The molecule has 0 radical (unpaired) electrons. The summed E-state index contributed by atoms with van der Waals surface area (Å²) in [5, 5.41) is 7.42. The largest absolute Gasteiger partial charge is 0.481 e. The second-order valence-corrected chi connectivity index (χ2v) is 2.32. The van der Waals surface area contributed by atoms with E-state index in [2.05, 4.69) is 9.97 Å². The van der Waals surface area contributed by atoms with Gasteiger partial charge in [0.2, 0.25) is 0 Å². The second-order valence-electron chi connectivity index (χ2n) is 2.32. The van der Waals surface area contributed by atoms with Crippen molar-refractivity contribution in [2.75, 3.05) is 0 Å². The lowest BCUT2D eigenvalue weighted by Crippen LogP contribution is -1.84. The van der Waals surface area contributed by atoms with Gasteiger partial charge in [-0.2, -0.15) is 0 Å². The lowest BCUT2D eigenvalue weighted by atomic mass is 10.5. The fourth-order valence-electron chi connectivity index (χ4n) is 0.457. The number of hydrogen-bond donors (Lipinski definition) is 1. The van der Waals surface area contributed by atoms with Crippen LogP contribution in [0.15, 0.2) is 12.4 Å². The molecule has 0 atom stereocenters. The molecule has 0 spiro atoms. The van der Waals surface area contributed by atoms with Crippen molar-refractivity contribution in [2.24, 2.45) is 0 Å². The number of carbonyl (C=O) groups is 1. The highest BCUT2D eigenvalue weighted by molar-refractivity contribution is 5.62. The molecule has 0 aliphatic carbocycles. The molecule has 1 rings (SSSR count). The van der Waals surface area contributed by atoms with Crippen LogP contribution in [0.25, 0.3) is 0 Å². The Morgan fingerprint density at radius 3 is 1.50 bits per heavy atom. The number of nitrogens with zero attached hydrogens (tertiary/aromatic N) is 2. The van der Waals surface area contributed by atoms with E-state index >= 15 is 0 Å². The van der Waals surface area contributed by atoms with Gasteiger partial charge in [0.1, 0.15) is 0 Å². The topological polar surface area (TPSA) is 63.1 Å². The molecule has 0 amide bonds. The van der Waals surface area contributed by atoms with Crippen LogP contribution in [0.3, 0.4) is 0 Å². The molecule has 4 heteroatoms. The highest BCUT2D eigenvalue weighted by atomic mass is 16.4. The van der Waals surface area contributed by atoms with Gasteiger partial charge in [0, 0.05) is 19.3 Å². The first-order chi connectivity index (χ1) is 6.52. The standard InChI is InChI=1S/C6H8N2.C2H4O2.C2H6/c1-5-3-8-6(2)4-7-5;1-2(3)4;1-2/h3-4H,1-2H3;1H3,(H,3,4);1-2H3. The molecule has 0 aliphatic heterocycles. The van der Waals surface area contributed by atoms with Gasteiger partial charge in [0.05, 0.1) is 11.4 Å². The molecule has 0 aromatic carbocycles. The Labute approximate surface area is 85.0 Å². The van der Waals surface area contributed by atoms with Gasteiger partial charge in [-0.25, -0.2) is 0 Å². The molecule has 1 aromatic rings. The minimum absolute atomic E-state index is 0.833. The molecule has 0 saturated heterocycles. The predicted octanol–water partition coefficient (Wildman–Crippen LogP) is 2.21. The molecule has 0 unspecified atom stereocenters. The Kier molecular flexibility index (Phi) is 10.4. The summed E-state index contributed by atoms with van der Waals surface area (Å²) in [5.74, 6) is -0.833. The van der Waals surface area contributed by atoms with Crippen LogP contribution in [0.1, 0.15) is 32.2 Å². The number of carboxylic acids is 1. The van der Waals surface area contributed by atoms with E-state index in [0.29, 0.717) is 0 Å². The van der Waals surface area contributed by atoms with Crippen LogP contribution in [-0.4, -0.2) is 21.0 Å². The number of carboxylic acid groups (broad SMARTS) is 1. The monoisotopic (exact) mass is 198 g/mol. The van der Waals surface area contributed by atoms with Gasteiger partial charge in [0.15, 0.2) is 0 Å². The maximum Gasteiger partial charge on any atom is 0.300 e. The first-order valence-corrected chi connectivity index (χ1v) is 4.47. The van der Waals surface area contributed by atoms with Crippen molar-refractivity contribution in [2.45, 2.75) is 34.6 Å². The van der Waals surface area contributed by atoms with Crippen molar-refractivity contribution in [3.63, 3.8) is 0 Å². The van der Waals surface area contributed by atoms with Gasteiger partial charge >= 0.3 is 0 Å². The second kappa shape index (κ2) is 9.64. The summed E-state index contributed by atoms with van der Waals surface area (Å²) < 4.78 is 0. The molecule has 1 heterocycles. The first-order valence-electron chi connectivity index (χ1n) is 4.47. The highest BCUT2D eigenvalue weighted by Gasteiger charge is 1.82. The summed E-state index contributed by atoms with van der Waals surface area (Å²) in [4.78, 5) is 17.0. The average molecular weight is 198 g/mol. The van der Waals surface area contributed by atoms with Gasteiger partial charge in [-0.05, 0) is 13.8 Å². The van der Waals surface area contributed by atoms with Crippen LogP contribution in [0.5, 0.6) is 0 Å². The minimum Gasteiger partial charge on any atom is -0.481 e. The first kappa shape index (κ1) is 15.0. The van der Waals surface area contributed by atoms with Gasteiger partial charge in [-0.15, -0.1) is 0 Å². The molecule has 14 heavy (non-hydrogen) atoms. The molecule has 1 N–H and O–H groups in total. The average Bonchev–Trinajstić information content (AvgIpc) is 2.13. The fraction of sp³-hybridized carbons (Fsp3) is 0.500. The van der Waals surface area contributed by atoms with E-state index in [1.54, 1.807) is 12.4 Å². The van der Waals surface area contributed by atoms with Crippen LogP contribution in [0, 0.1) is 13.8 Å². The zero-order chi connectivity index (χ0) is 11.6. The molecule has 0 saturated carbocycles. The van der Waals surface area contributed by atoms with Crippen molar-refractivity contribution in [3.05, 3.63) is 23.8 Å². The van der Waals surface area contributed by atoms with E-state index in [1.807, 2.05) is 27.7 Å². The molecule has 0 bridgehead atoms. The quantitative estimate of drug-likeness (QED) is 0.694. The van der Waals surface area contributed by atoms with Crippen molar-refractivity contribution in [1.82, 2.24) is 9.97 Å². The normalized spacial score (nSPS) is 7.50. The highest BCUT2D eigenvalue weighted by Crippen LogP contribution is 1.88. The Balaban J connectivity index is 0. The summed E-state index contributed by atoms with van der Waals surface area (Å²) in [6, 6.07) is 0. The summed E-state index contributed by atoms with van der Waals surface area (Å²) in [6.45, 7) is 8.93. The lowest BCUT2D eigenvalue weighted by Gasteiger charge is -1.88. The van der Waals surface area contributed by atoms with Gasteiger partial charge < -0.3 is 5.11 Å². The van der Waals surface area contributed by atoms with E-state index in [4.69, 9.17) is 9.90 Å². The Hall–Kier alpha value is -1.45. The molecule has 0 aliphatic rings. The minimum atomic E-state index is -0.833. The van der Waals surface area contributed by atoms with Crippen LogP contribution in [0.2, 0.25) is 0 Å². The fourth-order valence-corrected chi connectivity index (χ4v) is 0.457. The molecule has 1 aromatic heterocycles. The zero-order valence-corrected chi connectivity index (χ0v) is 9.40. The summed E-state index contributed by atoms with van der Waals surface area (Å²) in [6.07, 6.45) is 3.52. The zero-order valence-electron chi connectivity index (χ0n) is 9.40. The third kappa shape index (κ3) is 13.2. The van der Waals surface area contributed by atoms with Gasteiger partial charge in [0.25, 0.3) is 5.97 Å². The molecular weight excluding hydrogens is 180 g/mol. The maximum absolute atomic E-state index is 9.00. The van der Waals surface area contributed by atoms with E-state index in [9.17, 15) is 0 Å². The van der Waals surface area contributed by atoms with Gasteiger partial charge in [-0.3, -0.25) is 14.8 Å². The molecular formula is C10H18N2O2. The van der Waals surface area contributed by atoms with Crippen molar-refractivity contribution in [3.8, 4) is 0 Å². The van der Waals surface area contributed by atoms with Crippen molar-refractivity contribution in [1.29, 1.82) is 0 Å². The Morgan fingerprint density at radius 1 is 1.14 bits per heavy atom. The molecule has 0 fully saturated rings. The number of aromatic nitrogens is 2. The van der Waals surface area contributed by atoms with Crippen LogP contribution >= 0.6 is 0 Å². The van der Waals surface area contributed by atoms with Crippen molar-refractivity contribution >= 4 is 5.97 Å².